The van der Waals surface area contributed by atoms with Crippen LogP contribution in [0.1, 0.15) is 16.7 Å². The summed E-state index contributed by atoms with van der Waals surface area (Å²) in [5.41, 5.74) is 9.94. The number of carbonyl (C=O) groups is 1. The lowest BCUT2D eigenvalue weighted by Gasteiger charge is -2.07. The second kappa shape index (κ2) is 4.22. The molecule has 0 aliphatic carbocycles. The van der Waals surface area contributed by atoms with Gasteiger partial charge >= 0.3 is 5.97 Å². The van der Waals surface area contributed by atoms with Crippen LogP contribution in [0.15, 0.2) is 18.3 Å². The Morgan fingerprint density at radius 1 is 1.47 bits per heavy atom. The van der Waals surface area contributed by atoms with Crippen LogP contribution in [-0.2, 0) is 11.2 Å². The van der Waals surface area contributed by atoms with Gasteiger partial charge in [-0.3, -0.25) is 4.79 Å². The Labute approximate surface area is 99.4 Å². The van der Waals surface area contributed by atoms with Crippen molar-refractivity contribution in [3.63, 3.8) is 0 Å². The number of fused-ring (bicyclic) bond motifs is 1. The van der Waals surface area contributed by atoms with Crippen molar-refractivity contribution < 1.29 is 9.90 Å². The minimum absolute atomic E-state index is 0.347. The van der Waals surface area contributed by atoms with Crippen LogP contribution in [0.2, 0.25) is 0 Å². The minimum Gasteiger partial charge on any atom is -0.480 e. The zero-order chi connectivity index (χ0) is 12.6. The van der Waals surface area contributed by atoms with E-state index in [1.165, 1.54) is 11.1 Å². The Balaban J connectivity index is 2.48. The first-order chi connectivity index (χ1) is 8.00. The molecule has 1 unspecified atom stereocenters. The highest BCUT2D eigenvalue weighted by atomic mass is 16.4. The Kier molecular flexibility index (Phi) is 2.90. The molecule has 0 aliphatic rings. The maximum absolute atomic E-state index is 10.8. The molecule has 4 nitrogen and oxygen atoms in total. The van der Waals surface area contributed by atoms with E-state index in [1.54, 1.807) is 0 Å². The van der Waals surface area contributed by atoms with Gasteiger partial charge in [0, 0.05) is 23.5 Å². The van der Waals surface area contributed by atoms with Gasteiger partial charge in [-0.1, -0.05) is 6.07 Å². The first-order valence-electron chi connectivity index (χ1n) is 5.55. The smallest absolute Gasteiger partial charge is 0.320 e. The molecular weight excluding hydrogens is 216 g/mol. The van der Waals surface area contributed by atoms with Gasteiger partial charge in [-0.25, -0.2) is 0 Å². The van der Waals surface area contributed by atoms with Crippen LogP contribution in [0, 0.1) is 13.8 Å². The van der Waals surface area contributed by atoms with E-state index >= 15 is 0 Å². The summed E-state index contributed by atoms with van der Waals surface area (Å²) in [4.78, 5) is 13.9. The number of aromatic amines is 1. The lowest BCUT2D eigenvalue weighted by Crippen LogP contribution is -2.32. The third kappa shape index (κ3) is 2.03. The quantitative estimate of drug-likeness (QED) is 0.754. The normalized spacial score (nSPS) is 12.9. The lowest BCUT2D eigenvalue weighted by atomic mass is 9.99. The number of aromatic nitrogens is 1. The van der Waals surface area contributed by atoms with E-state index in [1.807, 2.05) is 26.1 Å². The standard InChI is InChI=1S/C13H16N2O2/c1-7-3-4-11-12(8(7)2)9(6-15-11)5-10(14)13(16)17/h3-4,6,10,15H,5,14H2,1-2H3,(H,16,17). The summed E-state index contributed by atoms with van der Waals surface area (Å²) in [5, 5.41) is 9.94. The predicted molar refractivity (Wildman–Crippen MR) is 67.1 cm³/mol. The summed E-state index contributed by atoms with van der Waals surface area (Å²) < 4.78 is 0. The van der Waals surface area contributed by atoms with Gasteiger partial charge in [0.05, 0.1) is 0 Å². The van der Waals surface area contributed by atoms with Crippen LogP contribution >= 0.6 is 0 Å². The van der Waals surface area contributed by atoms with Gasteiger partial charge in [0.1, 0.15) is 6.04 Å². The molecule has 1 aromatic carbocycles. The Morgan fingerprint density at radius 3 is 2.82 bits per heavy atom. The van der Waals surface area contributed by atoms with Crippen LogP contribution in [0.25, 0.3) is 10.9 Å². The van der Waals surface area contributed by atoms with E-state index in [0.29, 0.717) is 6.42 Å². The van der Waals surface area contributed by atoms with Gasteiger partial charge < -0.3 is 15.8 Å². The zero-order valence-electron chi connectivity index (χ0n) is 9.95. The fraction of sp³-hybridized carbons (Fsp3) is 0.308. The number of rotatable bonds is 3. The van der Waals surface area contributed by atoms with Gasteiger partial charge in [0.25, 0.3) is 0 Å². The monoisotopic (exact) mass is 232 g/mol. The van der Waals surface area contributed by atoms with Crippen molar-refractivity contribution in [1.29, 1.82) is 0 Å². The maximum Gasteiger partial charge on any atom is 0.320 e. The van der Waals surface area contributed by atoms with Gasteiger partial charge in [-0.15, -0.1) is 0 Å². The van der Waals surface area contributed by atoms with E-state index in [2.05, 4.69) is 11.1 Å². The van der Waals surface area contributed by atoms with Crippen molar-refractivity contribution in [2.45, 2.75) is 26.3 Å². The first-order valence-corrected chi connectivity index (χ1v) is 5.55. The largest absolute Gasteiger partial charge is 0.480 e. The summed E-state index contributed by atoms with van der Waals surface area (Å²) in [6, 6.07) is 3.21. The first kappa shape index (κ1) is 11.7. The molecule has 0 spiro atoms. The van der Waals surface area contributed by atoms with Crippen LogP contribution in [0.5, 0.6) is 0 Å². The second-order valence-electron chi connectivity index (χ2n) is 4.39. The van der Waals surface area contributed by atoms with Gasteiger partial charge in [-0.2, -0.15) is 0 Å². The van der Waals surface area contributed by atoms with Crippen molar-refractivity contribution in [1.82, 2.24) is 4.98 Å². The Morgan fingerprint density at radius 2 is 2.18 bits per heavy atom. The number of nitrogens with two attached hydrogens (primary N) is 1. The van der Waals surface area contributed by atoms with Gasteiger partial charge in [0.2, 0.25) is 0 Å². The van der Waals surface area contributed by atoms with Crippen LogP contribution in [0.4, 0.5) is 0 Å². The lowest BCUT2D eigenvalue weighted by molar-refractivity contribution is -0.138. The van der Waals surface area contributed by atoms with Crippen molar-refractivity contribution in [2.75, 3.05) is 0 Å². The number of aliphatic carboxylic acids is 1. The Hall–Kier alpha value is -1.81. The van der Waals surface area contributed by atoms with E-state index in [0.717, 1.165) is 16.5 Å². The number of hydrogen-bond acceptors (Lipinski definition) is 2. The average molecular weight is 232 g/mol. The minimum atomic E-state index is -0.968. The molecule has 0 radical (unpaired) electrons. The molecule has 4 heteroatoms. The summed E-state index contributed by atoms with van der Waals surface area (Å²) in [5.74, 6) is -0.968. The molecule has 90 valence electrons. The van der Waals surface area contributed by atoms with E-state index in [9.17, 15) is 4.79 Å². The van der Waals surface area contributed by atoms with E-state index in [-0.39, 0.29) is 0 Å². The summed E-state index contributed by atoms with van der Waals surface area (Å²) in [6.45, 7) is 4.09. The third-order valence-electron chi connectivity index (χ3n) is 3.22. The SMILES string of the molecule is Cc1ccc2[nH]cc(CC(N)C(=O)O)c2c1C. The number of aryl methyl sites for hydroxylation is 2. The molecule has 0 saturated carbocycles. The predicted octanol–water partition coefficient (Wildman–Crippen LogP) is 1.74. The highest BCUT2D eigenvalue weighted by Gasteiger charge is 2.16. The molecule has 2 aromatic rings. The molecule has 1 heterocycles. The number of H-pyrrole nitrogens is 1. The molecule has 1 aromatic heterocycles. The molecule has 0 saturated heterocycles. The summed E-state index contributed by atoms with van der Waals surface area (Å²) in [6.07, 6.45) is 2.19. The molecule has 0 bridgehead atoms. The average Bonchev–Trinajstić information content (AvgIpc) is 2.67. The molecule has 17 heavy (non-hydrogen) atoms. The number of carboxylic acids is 1. The third-order valence-corrected chi connectivity index (χ3v) is 3.22. The fourth-order valence-corrected chi connectivity index (χ4v) is 2.07. The number of nitrogens with one attached hydrogen (secondary N) is 1. The Bertz CT molecular complexity index is 572. The molecule has 0 aliphatic heterocycles. The van der Waals surface area contributed by atoms with Crippen molar-refractivity contribution >= 4 is 16.9 Å². The van der Waals surface area contributed by atoms with Crippen molar-refractivity contribution in [2.24, 2.45) is 5.73 Å². The number of hydrogen-bond donors (Lipinski definition) is 3. The topological polar surface area (TPSA) is 79.1 Å². The number of benzene rings is 1. The fourth-order valence-electron chi connectivity index (χ4n) is 2.07. The van der Waals surface area contributed by atoms with E-state index < -0.39 is 12.0 Å². The maximum atomic E-state index is 10.8. The van der Waals surface area contributed by atoms with Crippen LogP contribution in [-0.4, -0.2) is 22.1 Å². The van der Waals surface area contributed by atoms with E-state index in [4.69, 9.17) is 10.8 Å². The molecule has 1 atom stereocenters. The number of carboxylic acid groups (broad SMARTS) is 1. The van der Waals surface area contributed by atoms with Crippen LogP contribution < -0.4 is 5.73 Å². The summed E-state index contributed by atoms with van der Waals surface area (Å²) in [7, 11) is 0. The van der Waals surface area contributed by atoms with Crippen LogP contribution in [0.3, 0.4) is 0 Å². The van der Waals surface area contributed by atoms with Crippen molar-refractivity contribution in [3.8, 4) is 0 Å². The zero-order valence-corrected chi connectivity index (χ0v) is 9.95. The molecular formula is C13H16N2O2. The van der Waals surface area contributed by atoms with Gasteiger partial charge in [-0.05, 0) is 36.6 Å². The van der Waals surface area contributed by atoms with Gasteiger partial charge in [0.15, 0.2) is 0 Å². The highest BCUT2D eigenvalue weighted by Crippen LogP contribution is 2.25. The molecule has 0 amide bonds. The molecule has 4 N–H and O–H groups in total. The second-order valence-corrected chi connectivity index (χ2v) is 4.39. The summed E-state index contributed by atoms with van der Waals surface area (Å²) >= 11 is 0. The van der Waals surface area contributed by atoms with Crippen molar-refractivity contribution in [3.05, 3.63) is 35.0 Å². The molecule has 0 fully saturated rings. The highest BCUT2D eigenvalue weighted by molar-refractivity contribution is 5.88. The molecule has 2 rings (SSSR count).